The van der Waals surface area contributed by atoms with E-state index in [0.29, 0.717) is 18.6 Å². The number of nitrogens with one attached hydrogen (secondary N) is 1. The Morgan fingerprint density at radius 1 is 0.555 bits per heavy atom. The van der Waals surface area contributed by atoms with Gasteiger partial charge in [0.1, 0.15) is 133 Å². The zero-order chi connectivity index (χ0) is 82.1. The number of aliphatic carboxylic acids is 3. The number of carbonyl (C=O) groups is 5. The van der Waals surface area contributed by atoms with E-state index in [1.807, 2.05) is 0 Å². The molecule has 7 heterocycles. The number of ether oxygens (including phenoxy) is 13. The van der Waals surface area contributed by atoms with Crippen molar-refractivity contribution in [2.75, 3.05) is 65.7 Å². The topological polar surface area (TPSA) is 715 Å². The van der Waals surface area contributed by atoms with Gasteiger partial charge in [0.05, 0.1) is 95.6 Å². The van der Waals surface area contributed by atoms with Crippen LogP contribution in [0.5, 0.6) is 0 Å². The number of nitrogens with zero attached hydrogens (tertiary/aromatic N) is 1. The first kappa shape index (κ1) is 93.6. The van der Waals surface area contributed by atoms with E-state index < -0.39 is 320 Å². The van der Waals surface area contributed by atoms with E-state index in [9.17, 15) is 147 Å². The second kappa shape index (κ2) is 40.1. The molecule has 110 heavy (non-hydrogen) atoms. The fourth-order valence-electron chi connectivity index (χ4n) is 14.3. The summed E-state index contributed by atoms with van der Waals surface area (Å²) < 4.78 is 76.7. The number of Topliss-reactive ketones (excluding diaryl/α,β-unsaturated/α-hetero) is 1. The molecule has 11 unspecified atom stereocenters. The van der Waals surface area contributed by atoms with E-state index in [1.54, 1.807) is 0 Å². The lowest BCUT2D eigenvalue weighted by molar-refractivity contribution is -0.409. The van der Waals surface area contributed by atoms with Crippen LogP contribution in [0.2, 0.25) is 0 Å². The lowest BCUT2D eigenvalue weighted by Gasteiger charge is -2.55. The Morgan fingerprint density at radius 3 is 1.62 bits per heavy atom. The molecular weight excluding hydrogens is 1520 g/mol. The third-order valence-electron chi connectivity index (χ3n) is 20.9. The predicted molar refractivity (Wildman–Crippen MR) is 353 cm³/mol. The molecule has 638 valence electrons. The Balaban J connectivity index is 1.14. The van der Waals surface area contributed by atoms with Crippen molar-refractivity contribution >= 4 is 42.2 Å². The van der Waals surface area contributed by atoms with Gasteiger partial charge in [0.25, 0.3) is 17.4 Å². The molecule has 7 saturated heterocycles. The first-order valence-corrected chi connectivity index (χ1v) is 36.2. The fraction of sp³-hybridized carbons (Fsp3) is 0.922. The number of carboxylic acid groups (broad SMARTS) is 3. The second-order valence-electron chi connectivity index (χ2n) is 28.7. The van der Waals surface area contributed by atoms with Crippen molar-refractivity contribution in [2.45, 2.75) is 292 Å². The number of hydrogen-bond donors (Lipinski definition) is 26. The summed E-state index contributed by atoms with van der Waals surface area (Å²) in [5, 5.41) is 270. The summed E-state index contributed by atoms with van der Waals surface area (Å²) in [4.78, 5) is 71.4. The Kier molecular flexibility index (Phi) is 34.1. The highest BCUT2D eigenvalue weighted by atomic mass is 32.1. The van der Waals surface area contributed by atoms with E-state index in [2.05, 4.69) is 17.9 Å². The van der Waals surface area contributed by atoms with Gasteiger partial charge in [-0.15, -0.1) is 0 Å². The monoisotopic (exact) mass is 1620 g/mol. The van der Waals surface area contributed by atoms with E-state index >= 15 is 0 Å². The van der Waals surface area contributed by atoms with E-state index in [0.717, 1.165) is 18.9 Å². The van der Waals surface area contributed by atoms with Gasteiger partial charge in [-0.2, -0.15) is 17.7 Å². The van der Waals surface area contributed by atoms with Crippen LogP contribution in [0.15, 0.2) is 0 Å². The molecule has 7 fully saturated rings. The number of aliphatic hydroxyl groups is 21. The predicted octanol–water partition coefficient (Wildman–Crippen LogP) is -12.6. The Bertz CT molecular complexity index is 2950. The number of thiol groups is 1. The first-order valence-electron chi connectivity index (χ1n) is 35.6. The maximum absolute atomic E-state index is 13.8. The maximum atomic E-state index is 13.8. The largest absolute Gasteiger partial charge is 0.477 e. The summed E-state index contributed by atoms with van der Waals surface area (Å²) >= 11 is 4.10. The average molecular weight is 1630 g/mol. The van der Waals surface area contributed by atoms with Crippen molar-refractivity contribution in [3.05, 3.63) is 0 Å². The molecule has 0 spiro atoms. The average Bonchev–Trinajstić information content (AvgIpc) is 0.731. The number of rotatable bonds is 38. The summed E-state index contributed by atoms with van der Waals surface area (Å²) in [7, 11) is 1.32. The van der Waals surface area contributed by atoms with Crippen LogP contribution in [0.25, 0.3) is 0 Å². The van der Waals surface area contributed by atoms with Crippen molar-refractivity contribution in [1.29, 1.82) is 0 Å². The lowest BCUT2D eigenvalue weighted by atomic mass is 9.80. The van der Waals surface area contributed by atoms with Gasteiger partial charge < -0.3 is 189 Å². The number of ketones is 1. The molecule has 0 saturated carbocycles. The highest BCUT2D eigenvalue weighted by Gasteiger charge is 2.67. The lowest BCUT2D eigenvalue weighted by Crippen LogP contribution is -2.74. The zero-order valence-corrected chi connectivity index (χ0v) is 61.4. The first-order chi connectivity index (χ1) is 51.7. The SMILES string of the molecule is CC(=O)NC1[C@H](O[C@@]2(C)C(O)C[C@](O[C@H]3CC(CO)O[C@@H](O[C@@H]4C(CO)O[C@@H](N(C)OCCCC(=O)CCCS)C(O)[C@H]4O)C3O)(C(=O)O)O[C@H]2[C@H](O)[C@H](O)CO)OC(CO)[C@H](O)[C@@H]1O[C@@H]1OC(CO)[C@H](O)[C@H](O[C@]2(C(=O)O)CC(O)[C@@H](C)[C@H]([C@H](O)[C@@H](CO)O[C@]3(C(=O)O)CC(O)[C@@H](C)[C@H]([C@H](O)[C@H](O)CO)O3)O2)C1O. The van der Waals surface area contributed by atoms with Crippen LogP contribution in [0, 0.1) is 11.8 Å². The second-order valence-corrected chi connectivity index (χ2v) is 29.1. The van der Waals surface area contributed by atoms with Crippen LogP contribution in [0.4, 0.5) is 0 Å². The standard InChI is InChI=1S/C64H108N2O43S/c1-23-28(76)13-62(58(90)91,105-48(23)39(81)30(78)17-68)104-35(21-72)43(85)49-24(2)29(77)14-63(106-49,59(92)93)107-52-42(84)34(20-71)100-57(47(52)89)102-51-38(65-25(3)74)55(99-33(19-70)41(51)83)109-61(4)37(80)15-64(60(94)95,108-53(61)40(82)31(79)18-69)103-32-12-27(16-67)97-56(44(32)86)101-50-36(22-73)98-54(46(88)45(50)87)66(5)96-10-6-8-26(75)9-7-11-110/h23-24,27-57,67-73,76-89,110H,6-22H2,1-5H3,(H,65,74)(H,90,91)(H,92,93)(H,94,95)/t23-,24-,27?,28?,29?,30-,31-,32+,33?,34?,35-,36?,37?,38?,39-,40-,41+,42+,43-,44?,45-,46?,47?,48-,49-,50-,51-,52+,53+,54-,55+,56+,57+,61+,62-,63+,64-/m1/s1. The molecule has 37 atom stereocenters. The highest BCUT2D eigenvalue weighted by Crippen LogP contribution is 2.47. The van der Waals surface area contributed by atoms with Gasteiger partial charge in [-0.3, -0.25) is 14.4 Å². The number of carboxylic acids is 3. The molecule has 7 aliphatic heterocycles. The number of hydroxylamine groups is 2. The summed E-state index contributed by atoms with van der Waals surface area (Å²) in [5.41, 5.74) is -2.80. The Labute approximate surface area is 633 Å². The molecule has 0 aromatic heterocycles. The van der Waals surface area contributed by atoms with Crippen molar-refractivity contribution in [3.8, 4) is 0 Å². The minimum atomic E-state index is -3.38. The van der Waals surface area contributed by atoms with Gasteiger partial charge in [-0.05, 0) is 25.5 Å². The van der Waals surface area contributed by atoms with Crippen molar-refractivity contribution in [2.24, 2.45) is 11.8 Å². The van der Waals surface area contributed by atoms with E-state index in [4.69, 9.17) is 66.4 Å². The van der Waals surface area contributed by atoms with Crippen LogP contribution < -0.4 is 5.32 Å². The number of aliphatic hydroxyl groups excluding tert-OH is 21. The molecule has 45 nitrogen and oxygen atoms in total. The number of hydrogen-bond acceptors (Lipinski definition) is 42. The molecule has 7 aliphatic rings. The van der Waals surface area contributed by atoms with Crippen LogP contribution in [0.3, 0.4) is 0 Å². The minimum Gasteiger partial charge on any atom is -0.477 e. The van der Waals surface area contributed by atoms with E-state index in [1.165, 1.54) is 20.9 Å². The number of amides is 1. The molecule has 0 aromatic carbocycles. The molecule has 7 rings (SSSR count). The van der Waals surface area contributed by atoms with Gasteiger partial charge in [-0.1, -0.05) is 13.8 Å². The molecule has 0 radical (unpaired) electrons. The van der Waals surface area contributed by atoms with Gasteiger partial charge in [0.2, 0.25) is 5.91 Å². The summed E-state index contributed by atoms with van der Waals surface area (Å²) in [6.45, 7) is -3.98. The molecule has 46 heteroatoms. The quantitative estimate of drug-likeness (QED) is 0.0155. The Morgan fingerprint density at radius 2 is 1.07 bits per heavy atom. The summed E-state index contributed by atoms with van der Waals surface area (Å²) in [6, 6.07) is -2.11. The smallest absolute Gasteiger partial charge is 0.364 e. The highest BCUT2D eigenvalue weighted by molar-refractivity contribution is 7.80. The van der Waals surface area contributed by atoms with Crippen molar-refractivity contribution in [3.63, 3.8) is 0 Å². The molecule has 0 aromatic rings. The minimum absolute atomic E-state index is 0.0408. The van der Waals surface area contributed by atoms with Gasteiger partial charge >= 0.3 is 17.9 Å². The number of carbonyl (C=O) groups excluding carboxylic acids is 2. The maximum Gasteiger partial charge on any atom is 0.364 e. The zero-order valence-electron chi connectivity index (χ0n) is 60.5. The van der Waals surface area contributed by atoms with Crippen LogP contribution in [-0.4, -0.2) is 436 Å². The molecule has 0 aliphatic carbocycles. The van der Waals surface area contributed by atoms with E-state index in [-0.39, 0.29) is 25.2 Å². The molecule has 0 bridgehead atoms. The van der Waals surface area contributed by atoms with Crippen molar-refractivity contribution < 1.29 is 213 Å². The van der Waals surface area contributed by atoms with Gasteiger partial charge in [0, 0.05) is 64.3 Å². The molecule has 25 N–H and O–H groups in total. The van der Waals surface area contributed by atoms with Gasteiger partial charge in [-0.25, -0.2) is 14.4 Å². The summed E-state index contributed by atoms with van der Waals surface area (Å²) in [5.74, 6) is -19.4. The van der Waals surface area contributed by atoms with Crippen LogP contribution in [0.1, 0.15) is 79.1 Å². The van der Waals surface area contributed by atoms with Crippen LogP contribution >= 0.6 is 12.6 Å². The fourth-order valence-corrected chi connectivity index (χ4v) is 14.5. The Hall–Kier alpha value is -3.54. The molecule has 1 amide bonds. The third-order valence-corrected chi connectivity index (χ3v) is 21.3. The van der Waals surface area contributed by atoms with Crippen LogP contribution in [-0.2, 0) is 90.4 Å². The third kappa shape index (κ3) is 20.5. The molecular formula is C64H108N2O43S. The number of likely N-dealkylation sites (N-methyl/N-ethyl adjacent to an activating group) is 1. The van der Waals surface area contributed by atoms with Gasteiger partial charge in [0.15, 0.2) is 25.1 Å². The normalized spacial score (nSPS) is 43.0. The summed E-state index contributed by atoms with van der Waals surface area (Å²) in [6.07, 6.45) is -66.6. The van der Waals surface area contributed by atoms with Crippen molar-refractivity contribution in [1.82, 2.24) is 10.4 Å².